The molecule has 4 nitrogen and oxygen atoms in total. The second-order valence-corrected chi connectivity index (χ2v) is 5.07. The molecule has 0 unspecified atom stereocenters. The first-order valence-corrected chi connectivity index (χ1v) is 6.02. The summed E-state index contributed by atoms with van der Waals surface area (Å²) >= 11 is 0. The zero-order chi connectivity index (χ0) is 13.4. The SMILES string of the molecule is Cc1cccc2c1[C@H](C(=O)N(C)C)[C@@H](C(N)=O)C2. The number of rotatable bonds is 2. The van der Waals surface area contributed by atoms with Gasteiger partial charge in [0.05, 0.1) is 11.8 Å². The van der Waals surface area contributed by atoms with Gasteiger partial charge >= 0.3 is 0 Å². The molecule has 2 atom stereocenters. The number of carbonyl (C=O) groups excluding carboxylic acids is 2. The Morgan fingerprint density at radius 2 is 2.00 bits per heavy atom. The van der Waals surface area contributed by atoms with Crippen LogP contribution in [0.15, 0.2) is 18.2 Å². The summed E-state index contributed by atoms with van der Waals surface area (Å²) < 4.78 is 0. The molecule has 0 bridgehead atoms. The number of primary amides is 1. The molecule has 2 amide bonds. The van der Waals surface area contributed by atoms with Crippen molar-refractivity contribution in [3.05, 3.63) is 34.9 Å². The van der Waals surface area contributed by atoms with E-state index in [0.717, 1.165) is 16.7 Å². The van der Waals surface area contributed by atoms with Crippen molar-refractivity contribution >= 4 is 11.8 Å². The van der Waals surface area contributed by atoms with Crippen molar-refractivity contribution in [3.8, 4) is 0 Å². The zero-order valence-corrected chi connectivity index (χ0v) is 10.9. The van der Waals surface area contributed by atoms with Crippen LogP contribution < -0.4 is 5.73 Å². The number of hydrogen-bond donors (Lipinski definition) is 1. The van der Waals surface area contributed by atoms with Crippen LogP contribution in [0.5, 0.6) is 0 Å². The molecule has 0 heterocycles. The van der Waals surface area contributed by atoms with Gasteiger partial charge in [-0.3, -0.25) is 9.59 Å². The summed E-state index contributed by atoms with van der Waals surface area (Å²) in [4.78, 5) is 25.4. The van der Waals surface area contributed by atoms with Gasteiger partial charge in [0.25, 0.3) is 0 Å². The lowest BCUT2D eigenvalue weighted by atomic mass is 9.89. The molecule has 0 aromatic heterocycles. The average Bonchev–Trinajstić information content (AvgIpc) is 2.68. The Labute approximate surface area is 107 Å². The molecule has 0 fully saturated rings. The fourth-order valence-corrected chi connectivity index (χ4v) is 2.76. The first kappa shape index (κ1) is 12.6. The van der Waals surface area contributed by atoms with Crippen molar-refractivity contribution < 1.29 is 9.59 Å². The van der Waals surface area contributed by atoms with E-state index in [-0.39, 0.29) is 5.91 Å². The lowest BCUT2D eigenvalue weighted by Gasteiger charge is -2.22. The summed E-state index contributed by atoms with van der Waals surface area (Å²) in [5.74, 6) is -1.29. The first-order chi connectivity index (χ1) is 8.43. The number of hydrogen-bond acceptors (Lipinski definition) is 2. The Morgan fingerprint density at radius 3 is 2.56 bits per heavy atom. The van der Waals surface area contributed by atoms with Gasteiger partial charge in [0.1, 0.15) is 0 Å². The number of benzene rings is 1. The number of fused-ring (bicyclic) bond motifs is 1. The van der Waals surface area contributed by atoms with Gasteiger partial charge in [0, 0.05) is 14.1 Å². The maximum atomic E-state index is 12.3. The van der Waals surface area contributed by atoms with E-state index < -0.39 is 17.7 Å². The minimum atomic E-state index is -0.423. The molecular weight excluding hydrogens is 228 g/mol. The molecule has 1 aromatic rings. The van der Waals surface area contributed by atoms with Gasteiger partial charge in [-0.05, 0) is 30.0 Å². The Morgan fingerprint density at radius 1 is 1.33 bits per heavy atom. The predicted molar refractivity (Wildman–Crippen MR) is 69.0 cm³/mol. The van der Waals surface area contributed by atoms with Crippen LogP contribution in [0.25, 0.3) is 0 Å². The second-order valence-electron chi connectivity index (χ2n) is 5.07. The van der Waals surface area contributed by atoms with E-state index >= 15 is 0 Å². The van der Waals surface area contributed by atoms with Crippen LogP contribution in [0.1, 0.15) is 22.6 Å². The minimum absolute atomic E-state index is 0.0492. The van der Waals surface area contributed by atoms with Crippen LogP contribution in [0.2, 0.25) is 0 Å². The summed E-state index contributed by atoms with van der Waals surface area (Å²) in [6, 6.07) is 5.90. The normalized spacial score (nSPS) is 21.5. The van der Waals surface area contributed by atoms with Crippen molar-refractivity contribution in [1.82, 2.24) is 4.90 Å². The maximum absolute atomic E-state index is 12.3. The molecule has 1 aromatic carbocycles. The van der Waals surface area contributed by atoms with Crippen LogP contribution in [0.4, 0.5) is 0 Å². The van der Waals surface area contributed by atoms with E-state index in [0.29, 0.717) is 6.42 Å². The van der Waals surface area contributed by atoms with Gasteiger partial charge in [0.2, 0.25) is 11.8 Å². The van der Waals surface area contributed by atoms with Gasteiger partial charge in [-0.1, -0.05) is 18.2 Å². The van der Waals surface area contributed by atoms with E-state index in [1.54, 1.807) is 14.1 Å². The molecule has 0 aliphatic heterocycles. The standard InChI is InChI=1S/C14H18N2O2/c1-8-5-4-6-9-7-10(13(15)17)12(11(8)9)14(18)16(2)3/h4-6,10,12H,7H2,1-3H3,(H2,15,17)/t10-,12+/m0/s1. The predicted octanol–water partition coefficient (Wildman–Crippen LogP) is 0.824. The van der Waals surface area contributed by atoms with Crippen molar-refractivity contribution in [2.24, 2.45) is 11.7 Å². The Bertz CT molecular complexity index is 509. The van der Waals surface area contributed by atoms with Gasteiger partial charge in [0.15, 0.2) is 0 Å². The zero-order valence-electron chi connectivity index (χ0n) is 10.9. The highest BCUT2D eigenvalue weighted by Crippen LogP contribution is 2.40. The highest BCUT2D eigenvalue weighted by atomic mass is 16.2. The maximum Gasteiger partial charge on any atom is 0.230 e. The highest BCUT2D eigenvalue weighted by Gasteiger charge is 2.42. The molecule has 0 saturated heterocycles. The molecule has 2 N–H and O–H groups in total. The summed E-state index contributed by atoms with van der Waals surface area (Å²) in [6.45, 7) is 1.97. The van der Waals surface area contributed by atoms with Crippen LogP contribution in [0.3, 0.4) is 0 Å². The number of nitrogens with zero attached hydrogens (tertiary/aromatic N) is 1. The van der Waals surface area contributed by atoms with Gasteiger partial charge in [-0.25, -0.2) is 0 Å². The third-order valence-electron chi connectivity index (χ3n) is 3.64. The molecule has 96 valence electrons. The molecular formula is C14H18N2O2. The Kier molecular flexibility index (Phi) is 3.11. The van der Waals surface area contributed by atoms with Crippen molar-refractivity contribution in [2.75, 3.05) is 14.1 Å². The molecule has 0 saturated carbocycles. The van der Waals surface area contributed by atoms with Gasteiger partial charge in [-0.15, -0.1) is 0 Å². The topological polar surface area (TPSA) is 63.4 Å². The summed E-state index contributed by atoms with van der Waals surface area (Å²) in [5.41, 5.74) is 8.55. The summed E-state index contributed by atoms with van der Waals surface area (Å²) in [5, 5.41) is 0. The van der Waals surface area contributed by atoms with E-state index in [4.69, 9.17) is 5.73 Å². The van der Waals surface area contributed by atoms with Crippen LogP contribution in [-0.4, -0.2) is 30.8 Å². The molecule has 2 rings (SSSR count). The Balaban J connectivity index is 2.52. The fourth-order valence-electron chi connectivity index (χ4n) is 2.76. The summed E-state index contributed by atoms with van der Waals surface area (Å²) in [6.07, 6.45) is 0.566. The number of carbonyl (C=O) groups is 2. The van der Waals surface area contributed by atoms with Crippen LogP contribution in [-0.2, 0) is 16.0 Å². The molecule has 0 spiro atoms. The fraction of sp³-hybridized carbons (Fsp3) is 0.429. The number of amides is 2. The van der Waals surface area contributed by atoms with Crippen molar-refractivity contribution in [3.63, 3.8) is 0 Å². The van der Waals surface area contributed by atoms with Gasteiger partial charge in [-0.2, -0.15) is 0 Å². The first-order valence-electron chi connectivity index (χ1n) is 6.02. The second kappa shape index (κ2) is 4.44. The lowest BCUT2D eigenvalue weighted by molar-refractivity contribution is -0.135. The van der Waals surface area contributed by atoms with E-state index in [1.807, 2.05) is 25.1 Å². The quantitative estimate of drug-likeness (QED) is 0.840. The smallest absolute Gasteiger partial charge is 0.230 e. The highest BCUT2D eigenvalue weighted by molar-refractivity contribution is 5.93. The molecule has 1 aliphatic carbocycles. The monoisotopic (exact) mass is 246 g/mol. The number of nitrogens with two attached hydrogens (primary N) is 1. The third kappa shape index (κ3) is 1.88. The largest absolute Gasteiger partial charge is 0.369 e. The van der Waals surface area contributed by atoms with Crippen molar-refractivity contribution in [1.29, 1.82) is 0 Å². The van der Waals surface area contributed by atoms with Crippen LogP contribution >= 0.6 is 0 Å². The van der Waals surface area contributed by atoms with Gasteiger partial charge < -0.3 is 10.6 Å². The van der Waals surface area contributed by atoms with E-state index in [2.05, 4.69) is 0 Å². The van der Waals surface area contributed by atoms with E-state index in [1.165, 1.54) is 4.90 Å². The minimum Gasteiger partial charge on any atom is -0.369 e. The molecule has 0 radical (unpaired) electrons. The van der Waals surface area contributed by atoms with E-state index in [9.17, 15) is 9.59 Å². The van der Waals surface area contributed by atoms with Crippen molar-refractivity contribution in [2.45, 2.75) is 19.3 Å². The Hall–Kier alpha value is -1.84. The molecule has 4 heteroatoms. The summed E-state index contributed by atoms with van der Waals surface area (Å²) in [7, 11) is 3.41. The third-order valence-corrected chi connectivity index (χ3v) is 3.64. The molecule has 1 aliphatic rings. The number of likely N-dealkylation sites (N-methyl/N-ethyl adjacent to an activating group) is 1. The number of aryl methyl sites for hydroxylation is 1. The van der Waals surface area contributed by atoms with Crippen LogP contribution in [0, 0.1) is 12.8 Å². The average molecular weight is 246 g/mol. The molecule has 18 heavy (non-hydrogen) atoms. The lowest BCUT2D eigenvalue weighted by Crippen LogP contribution is -2.36.